The van der Waals surface area contributed by atoms with Gasteiger partial charge in [-0.3, -0.25) is 14.6 Å². The zero-order chi connectivity index (χ0) is 22.5. The van der Waals surface area contributed by atoms with Crippen molar-refractivity contribution in [2.45, 2.75) is 26.2 Å². The zero-order valence-electron chi connectivity index (χ0n) is 18.7. The number of benzene rings is 2. The molecule has 6 heteroatoms. The van der Waals surface area contributed by atoms with Gasteiger partial charge in [-0.25, -0.2) is 0 Å². The number of hydrogen-bond donors (Lipinski definition) is 0. The van der Waals surface area contributed by atoms with Gasteiger partial charge in [0.05, 0.1) is 23.9 Å². The molecule has 1 aliphatic rings. The molecule has 1 saturated heterocycles. The first kappa shape index (κ1) is 21.8. The number of ether oxygens (including phenoxy) is 1. The molecule has 1 aromatic heterocycles. The quantitative estimate of drug-likeness (QED) is 0.615. The van der Waals surface area contributed by atoms with E-state index in [1.807, 2.05) is 71.3 Å². The van der Waals surface area contributed by atoms with Gasteiger partial charge < -0.3 is 14.5 Å². The lowest BCUT2D eigenvalue weighted by Gasteiger charge is -2.23. The van der Waals surface area contributed by atoms with Crippen molar-refractivity contribution in [3.05, 3.63) is 71.4 Å². The summed E-state index contributed by atoms with van der Waals surface area (Å²) in [6.07, 6.45) is 1.94. The summed E-state index contributed by atoms with van der Waals surface area (Å²) in [5, 5.41) is 0.964. The third-order valence-electron chi connectivity index (χ3n) is 6.07. The van der Waals surface area contributed by atoms with Crippen molar-refractivity contribution < 1.29 is 14.3 Å². The van der Waals surface area contributed by atoms with E-state index in [0.717, 1.165) is 34.3 Å². The zero-order valence-corrected chi connectivity index (χ0v) is 18.7. The summed E-state index contributed by atoms with van der Waals surface area (Å²) < 4.78 is 5.18. The fourth-order valence-corrected chi connectivity index (χ4v) is 4.17. The molecule has 2 amide bonds. The van der Waals surface area contributed by atoms with Crippen LogP contribution in [-0.2, 0) is 11.2 Å². The Morgan fingerprint density at radius 1 is 0.969 bits per heavy atom. The number of pyridine rings is 1. The predicted molar refractivity (Wildman–Crippen MR) is 125 cm³/mol. The fraction of sp³-hybridized carbons (Fsp3) is 0.346. The standard InChI is InChI=1S/C26H29N3O3/c1-19-23(18-21-6-3-4-7-24(21)27-19)26(31)29-15-5-14-28(16-17-29)25(30)13-10-20-8-11-22(32-2)12-9-20/h3-4,6-9,11-12,18H,5,10,13-17H2,1-2H3. The molecule has 0 radical (unpaired) electrons. The van der Waals surface area contributed by atoms with Gasteiger partial charge in [-0.15, -0.1) is 0 Å². The van der Waals surface area contributed by atoms with Gasteiger partial charge in [0.25, 0.3) is 5.91 Å². The maximum Gasteiger partial charge on any atom is 0.255 e. The largest absolute Gasteiger partial charge is 0.497 e. The minimum Gasteiger partial charge on any atom is -0.497 e. The number of amides is 2. The predicted octanol–water partition coefficient (Wildman–Crippen LogP) is 3.86. The van der Waals surface area contributed by atoms with Crippen molar-refractivity contribution in [2.24, 2.45) is 0 Å². The number of aromatic nitrogens is 1. The Morgan fingerprint density at radius 2 is 1.69 bits per heavy atom. The molecule has 0 aliphatic carbocycles. The van der Waals surface area contributed by atoms with Gasteiger partial charge in [-0.2, -0.15) is 0 Å². The average molecular weight is 432 g/mol. The first-order chi connectivity index (χ1) is 15.5. The van der Waals surface area contributed by atoms with Crippen LogP contribution >= 0.6 is 0 Å². The molecule has 0 bridgehead atoms. The van der Waals surface area contributed by atoms with E-state index in [9.17, 15) is 9.59 Å². The van der Waals surface area contributed by atoms with Crippen molar-refractivity contribution in [3.8, 4) is 5.75 Å². The van der Waals surface area contributed by atoms with Gasteiger partial charge in [0, 0.05) is 38.0 Å². The van der Waals surface area contributed by atoms with Gasteiger partial charge in [0.2, 0.25) is 5.91 Å². The summed E-state index contributed by atoms with van der Waals surface area (Å²) in [4.78, 5) is 34.4. The van der Waals surface area contributed by atoms with Gasteiger partial charge >= 0.3 is 0 Å². The van der Waals surface area contributed by atoms with E-state index >= 15 is 0 Å². The SMILES string of the molecule is COc1ccc(CCC(=O)N2CCCN(C(=O)c3cc4ccccc4nc3C)CC2)cc1. The van der Waals surface area contributed by atoms with Crippen LogP contribution in [0.4, 0.5) is 0 Å². The second-order valence-electron chi connectivity index (χ2n) is 8.19. The molecular formula is C26H29N3O3. The summed E-state index contributed by atoms with van der Waals surface area (Å²) in [7, 11) is 1.64. The van der Waals surface area contributed by atoms with E-state index < -0.39 is 0 Å². The Morgan fingerprint density at radius 3 is 2.47 bits per heavy atom. The van der Waals surface area contributed by atoms with E-state index in [1.165, 1.54) is 0 Å². The number of carbonyl (C=O) groups excluding carboxylic acids is 2. The van der Waals surface area contributed by atoms with Crippen molar-refractivity contribution in [2.75, 3.05) is 33.3 Å². The second kappa shape index (κ2) is 9.81. The molecule has 2 heterocycles. The number of fused-ring (bicyclic) bond motifs is 1. The molecule has 3 aromatic rings. The Hall–Kier alpha value is -3.41. The Balaban J connectivity index is 1.36. The van der Waals surface area contributed by atoms with E-state index in [4.69, 9.17) is 4.74 Å². The van der Waals surface area contributed by atoms with Gasteiger partial charge in [0.15, 0.2) is 0 Å². The van der Waals surface area contributed by atoms with Gasteiger partial charge in [-0.05, 0) is 49.6 Å². The van der Waals surface area contributed by atoms with E-state index in [-0.39, 0.29) is 11.8 Å². The molecule has 0 atom stereocenters. The molecule has 0 spiro atoms. The minimum absolute atomic E-state index is 0.00622. The van der Waals surface area contributed by atoms with Crippen molar-refractivity contribution >= 4 is 22.7 Å². The normalized spacial score (nSPS) is 14.3. The van der Waals surface area contributed by atoms with Crippen molar-refractivity contribution in [1.29, 1.82) is 0 Å². The Labute approximate surface area is 188 Å². The van der Waals surface area contributed by atoms with Crippen LogP contribution in [-0.4, -0.2) is 59.9 Å². The molecule has 0 saturated carbocycles. The number of carbonyl (C=O) groups is 2. The highest BCUT2D eigenvalue weighted by molar-refractivity contribution is 5.98. The lowest BCUT2D eigenvalue weighted by molar-refractivity contribution is -0.131. The smallest absolute Gasteiger partial charge is 0.255 e. The first-order valence-electron chi connectivity index (χ1n) is 11.1. The molecule has 0 N–H and O–H groups in total. The Kier molecular flexibility index (Phi) is 6.69. The monoisotopic (exact) mass is 431 g/mol. The molecule has 1 fully saturated rings. The maximum absolute atomic E-state index is 13.2. The lowest BCUT2D eigenvalue weighted by atomic mass is 10.1. The number of rotatable bonds is 5. The summed E-state index contributed by atoms with van der Waals surface area (Å²) in [6, 6.07) is 17.6. The van der Waals surface area contributed by atoms with Crippen LogP contribution in [0.2, 0.25) is 0 Å². The van der Waals surface area contributed by atoms with Crippen LogP contribution in [0.1, 0.15) is 34.5 Å². The molecule has 1 aliphatic heterocycles. The summed E-state index contributed by atoms with van der Waals surface area (Å²) in [5.74, 6) is 0.946. The van der Waals surface area contributed by atoms with Crippen molar-refractivity contribution in [3.63, 3.8) is 0 Å². The molecule has 0 unspecified atom stereocenters. The first-order valence-corrected chi connectivity index (χ1v) is 11.1. The molecular weight excluding hydrogens is 402 g/mol. The third-order valence-corrected chi connectivity index (χ3v) is 6.07. The average Bonchev–Trinajstić information content (AvgIpc) is 3.08. The van der Waals surface area contributed by atoms with Gasteiger partial charge in [0.1, 0.15) is 5.75 Å². The topological polar surface area (TPSA) is 62.7 Å². The van der Waals surface area contributed by atoms with Crippen molar-refractivity contribution in [1.82, 2.24) is 14.8 Å². The second-order valence-corrected chi connectivity index (χ2v) is 8.19. The maximum atomic E-state index is 13.2. The lowest BCUT2D eigenvalue weighted by Crippen LogP contribution is -2.37. The Bertz CT molecular complexity index is 1110. The van der Waals surface area contributed by atoms with Crippen LogP contribution in [0, 0.1) is 6.92 Å². The molecule has 32 heavy (non-hydrogen) atoms. The third kappa shape index (κ3) is 4.90. The van der Waals surface area contributed by atoms with E-state index in [0.29, 0.717) is 44.6 Å². The highest BCUT2D eigenvalue weighted by Crippen LogP contribution is 2.19. The van der Waals surface area contributed by atoms with Crippen LogP contribution in [0.25, 0.3) is 10.9 Å². The number of hydrogen-bond acceptors (Lipinski definition) is 4. The van der Waals surface area contributed by atoms with Crippen LogP contribution in [0.15, 0.2) is 54.6 Å². The summed E-state index contributed by atoms with van der Waals surface area (Å²) >= 11 is 0. The summed E-state index contributed by atoms with van der Waals surface area (Å²) in [6.45, 7) is 4.31. The number of para-hydroxylation sites is 1. The molecule has 6 nitrogen and oxygen atoms in total. The number of nitrogens with zero attached hydrogens (tertiary/aromatic N) is 3. The minimum atomic E-state index is -0.00622. The van der Waals surface area contributed by atoms with E-state index in [2.05, 4.69) is 4.98 Å². The highest BCUT2D eigenvalue weighted by atomic mass is 16.5. The number of methoxy groups -OCH3 is 1. The van der Waals surface area contributed by atoms with E-state index in [1.54, 1.807) is 7.11 Å². The van der Waals surface area contributed by atoms with Crippen LogP contribution < -0.4 is 4.74 Å². The van der Waals surface area contributed by atoms with Crippen LogP contribution in [0.3, 0.4) is 0 Å². The van der Waals surface area contributed by atoms with Gasteiger partial charge in [-0.1, -0.05) is 30.3 Å². The highest BCUT2D eigenvalue weighted by Gasteiger charge is 2.24. The number of aryl methyl sites for hydroxylation is 2. The molecule has 4 rings (SSSR count). The summed E-state index contributed by atoms with van der Waals surface area (Å²) in [5.41, 5.74) is 3.39. The molecule has 2 aromatic carbocycles. The molecule has 166 valence electrons. The van der Waals surface area contributed by atoms with Crippen LogP contribution in [0.5, 0.6) is 5.75 Å². The fourth-order valence-electron chi connectivity index (χ4n) is 4.17.